The minimum absolute atomic E-state index is 0.0140. The summed E-state index contributed by atoms with van der Waals surface area (Å²) in [5.74, 6) is -0.126. The van der Waals surface area contributed by atoms with Crippen LogP contribution in [0.25, 0.3) is 0 Å². The van der Waals surface area contributed by atoms with Crippen molar-refractivity contribution in [3.8, 4) is 0 Å². The molecular formula is C16H15N3O2. The number of carbonyl (C=O) groups excluding carboxylic acids is 1. The third-order valence-corrected chi connectivity index (χ3v) is 3.70. The molecule has 0 aromatic heterocycles. The number of amides is 1. The zero-order valence-electron chi connectivity index (χ0n) is 11.3. The molecule has 3 rings (SSSR count). The van der Waals surface area contributed by atoms with Crippen LogP contribution in [0.4, 0.5) is 5.69 Å². The van der Waals surface area contributed by atoms with Crippen LogP contribution in [-0.2, 0) is 11.2 Å². The summed E-state index contributed by atoms with van der Waals surface area (Å²) >= 11 is 0. The number of benzene rings is 2. The minimum Gasteiger partial charge on any atom is -0.409 e. The van der Waals surface area contributed by atoms with Gasteiger partial charge in [0, 0.05) is 11.3 Å². The van der Waals surface area contributed by atoms with Crippen LogP contribution in [0.5, 0.6) is 0 Å². The molecule has 0 aliphatic heterocycles. The monoisotopic (exact) mass is 281 g/mol. The molecule has 2 aromatic rings. The molecule has 0 saturated carbocycles. The number of hydrogen-bond donors (Lipinski definition) is 3. The molecule has 0 heterocycles. The van der Waals surface area contributed by atoms with Crippen molar-refractivity contribution in [2.75, 3.05) is 5.32 Å². The third-order valence-electron chi connectivity index (χ3n) is 3.70. The molecule has 21 heavy (non-hydrogen) atoms. The molecule has 1 atom stereocenters. The van der Waals surface area contributed by atoms with Gasteiger partial charge in [-0.15, -0.1) is 0 Å². The first-order valence-corrected chi connectivity index (χ1v) is 6.65. The summed E-state index contributed by atoms with van der Waals surface area (Å²) in [4.78, 5) is 12.3. The summed E-state index contributed by atoms with van der Waals surface area (Å²) in [7, 11) is 0. The average molecular weight is 281 g/mol. The van der Waals surface area contributed by atoms with E-state index in [0.717, 1.165) is 12.0 Å². The second-order valence-electron chi connectivity index (χ2n) is 5.01. The van der Waals surface area contributed by atoms with E-state index in [-0.39, 0.29) is 17.7 Å². The standard InChI is InChI=1S/C16H15N3O2/c17-15(19-21)11-5-3-6-12(8-11)18-16(20)14-9-10-4-1-2-7-13(10)14/h1-8,14,21H,9H2,(H2,17,19)(H,18,20). The van der Waals surface area contributed by atoms with Crippen molar-refractivity contribution < 1.29 is 10.0 Å². The second kappa shape index (κ2) is 5.28. The third kappa shape index (κ3) is 2.45. The molecule has 1 aliphatic carbocycles. The molecule has 5 nitrogen and oxygen atoms in total. The lowest BCUT2D eigenvalue weighted by Crippen LogP contribution is -2.30. The highest BCUT2D eigenvalue weighted by Gasteiger charge is 2.31. The van der Waals surface area contributed by atoms with Gasteiger partial charge in [0.05, 0.1) is 5.92 Å². The first-order valence-electron chi connectivity index (χ1n) is 6.65. The number of nitrogens with two attached hydrogens (primary N) is 1. The normalized spacial score (nSPS) is 16.8. The number of nitrogens with zero attached hydrogens (tertiary/aromatic N) is 1. The number of anilines is 1. The Morgan fingerprint density at radius 3 is 2.81 bits per heavy atom. The molecule has 5 heteroatoms. The van der Waals surface area contributed by atoms with Crippen LogP contribution in [0.1, 0.15) is 22.6 Å². The Balaban J connectivity index is 1.75. The average Bonchev–Trinajstić information content (AvgIpc) is 2.48. The number of carbonyl (C=O) groups is 1. The maximum atomic E-state index is 12.3. The number of fused-ring (bicyclic) bond motifs is 1. The van der Waals surface area contributed by atoms with Crippen molar-refractivity contribution in [1.29, 1.82) is 0 Å². The van der Waals surface area contributed by atoms with Gasteiger partial charge in [-0.2, -0.15) is 0 Å². The lowest BCUT2D eigenvalue weighted by atomic mass is 9.77. The predicted molar refractivity (Wildman–Crippen MR) is 80.5 cm³/mol. The summed E-state index contributed by atoms with van der Waals surface area (Å²) in [6, 6.07) is 14.9. The van der Waals surface area contributed by atoms with Gasteiger partial charge < -0.3 is 16.3 Å². The fourth-order valence-electron chi connectivity index (χ4n) is 2.54. The zero-order valence-corrected chi connectivity index (χ0v) is 11.3. The second-order valence-corrected chi connectivity index (χ2v) is 5.01. The van der Waals surface area contributed by atoms with E-state index in [1.54, 1.807) is 24.3 Å². The Morgan fingerprint density at radius 2 is 2.05 bits per heavy atom. The molecule has 2 aromatic carbocycles. The van der Waals surface area contributed by atoms with E-state index in [1.807, 2.05) is 24.3 Å². The van der Waals surface area contributed by atoms with Gasteiger partial charge in [-0.25, -0.2) is 0 Å². The van der Waals surface area contributed by atoms with E-state index in [2.05, 4.69) is 10.5 Å². The van der Waals surface area contributed by atoms with Crippen LogP contribution < -0.4 is 11.1 Å². The number of rotatable bonds is 3. The summed E-state index contributed by atoms with van der Waals surface area (Å²) in [5.41, 5.74) is 9.04. The van der Waals surface area contributed by atoms with E-state index in [4.69, 9.17) is 10.9 Å². The molecule has 0 spiro atoms. The minimum atomic E-state index is -0.103. The van der Waals surface area contributed by atoms with Gasteiger partial charge in [0.25, 0.3) is 0 Å². The molecule has 4 N–H and O–H groups in total. The topological polar surface area (TPSA) is 87.7 Å². The van der Waals surface area contributed by atoms with E-state index < -0.39 is 0 Å². The molecule has 0 saturated heterocycles. The van der Waals surface area contributed by atoms with Crippen molar-refractivity contribution in [2.45, 2.75) is 12.3 Å². The number of oxime groups is 1. The van der Waals surface area contributed by atoms with Gasteiger partial charge in [-0.1, -0.05) is 41.6 Å². The fourth-order valence-corrected chi connectivity index (χ4v) is 2.54. The molecule has 1 amide bonds. The molecule has 0 radical (unpaired) electrons. The number of hydrogen-bond acceptors (Lipinski definition) is 3. The Labute approximate surface area is 122 Å². The van der Waals surface area contributed by atoms with Crippen molar-refractivity contribution in [3.05, 3.63) is 65.2 Å². The van der Waals surface area contributed by atoms with E-state index in [1.165, 1.54) is 5.56 Å². The van der Waals surface area contributed by atoms with Gasteiger partial charge in [0.1, 0.15) is 0 Å². The van der Waals surface area contributed by atoms with Crippen LogP contribution >= 0.6 is 0 Å². The summed E-state index contributed by atoms with van der Waals surface area (Å²) < 4.78 is 0. The fraction of sp³-hybridized carbons (Fsp3) is 0.125. The Kier molecular flexibility index (Phi) is 3.31. The van der Waals surface area contributed by atoms with Gasteiger partial charge in [0.2, 0.25) is 5.91 Å². The van der Waals surface area contributed by atoms with Crippen LogP contribution in [0.3, 0.4) is 0 Å². The highest BCUT2D eigenvalue weighted by atomic mass is 16.4. The van der Waals surface area contributed by atoms with E-state index in [9.17, 15) is 4.79 Å². The Hall–Kier alpha value is -2.82. The zero-order chi connectivity index (χ0) is 14.8. The molecule has 0 fully saturated rings. The number of amidine groups is 1. The summed E-state index contributed by atoms with van der Waals surface area (Å²) in [6.45, 7) is 0. The smallest absolute Gasteiger partial charge is 0.232 e. The predicted octanol–water partition coefficient (Wildman–Crippen LogP) is 2.06. The van der Waals surface area contributed by atoms with Crippen LogP contribution in [0.15, 0.2) is 53.7 Å². The lowest BCUT2D eigenvalue weighted by Gasteiger charge is -2.28. The molecule has 1 unspecified atom stereocenters. The van der Waals surface area contributed by atoms with Crippen LogP contribution in [0, 0.1) is 0 Å². The van der Waals surface area contributed by atoms with E-state index >= 15 is 0 Å². The van der Waals surface area contributed by atoms with Crippen molar-refractivity contribution in [2.24, 2.45) is 10.9 Å². The van der Waals surface area contributed by atoms with Crippen LogP contribution in [-0.4, -0.2) is 17.0 Å². The van der Waals surface area contributed by atoms with Crippen LogP contribution in [0.2, 0.25) is 0 Å². The quantitative estimate of drug-likeness (QED) is 0.348. The lowest BCUT2D eigenvalue weighted by molar-refractivity contribution is -0.118. The van der Waals surface area contributed by atoms with Gasteiger partial charge >= 0.3 is 0 Å². The molecule has 106 valence electrons. The maximum absolute atomic E-state index is 12.3. The SMILES string of the molecule is NC(=NO)c1cccc(NC(=O)C2Cc3ccccc32)c1. The number of nitrogens with one attached hydrogen (secondary N) is 1. The summed E-state index contributed by atoms with van der Waals surface area (Å²) in [6.07, 6.45) is 0.766. The first-order chi connectivity index (χ1) is 10.2. The Morgan fingerprint density at radius 1 is 1.24 bits per heavy atom. The summed E-state index contributed by atoms with van der Waals surface area (Å²) in [5, 5.41) is 14.5. The molecule has 0 bridgehead atoms. The molecular weight excluding hydrogens is 266 g/mol. The Bertz CT molecular complexity index is 725. The van der Waals surface area contributed by atoms with Gasteiger partial charge in [0.15, 0.2) is 5.84 Å². The van der Waals surface area contributed by atoms with Crippen molar-refractivity contribution in [1.82, 2.24) is 0 Å². The molecule has 1 aliphatic rings. The van der Waals surface area contributed by atoms with Gasteiger partial charge in [-0.3, -0.25) is 4.79 Å². The van der Waals surface area contributed by atoms with E-state index in [0.29, 0.717) is 11.3 Å². The van der Waals surface area contributed by atoms with Gasteiger partial charge in [-0.05, 0) is 29.7 Å². The highest BCUT2D eigenvalue weighted by molar-refractivity contribution is 6.01. The maximum Gasteiger partial charge on any atom is 0.232 e. The van der Waals surface area contributed by atoms with Crippen molar-refractivity contribution >= 4 is 17.4 Å². The first kappa shape index (κ1) is 13.2. The van der Waals surface area contributed by atoms with Crippen molar-refractivity contribution in [3.63, 3.8) is 0 Å². The largest absolute Gasteiger partial charge is 0.409 e. The highest BCUT2D eigenvalue weighted by Crippen LogP contribution is 2.35.